The molecule has 3 atom stereocenters. The summed E-state index contributed by atoms with van der Waals surface area (Å²) in [5.41, 5.74) is 7.69. The molecule has 2 rings (SSSR count). The van der Waals surface area contributed by atoms with Crippen LogP contribution in [0.15, 0.2) is 5.38 Å². The van der Waals surface area contributed by atoms with E-state index < -0.39 is 0 Å². The average molecular weight is 252 g/mol. The van der Waals surface area contributed by atoms with Crippen LogP contribution in [0.2, 0.25) is 0 Å². The van der Waals surface area contributed by atoms with Crippen molar-refractivity contribution < 1.29 is 0 Å². The van der Waals surface area contributed by atoms with Gasteiger partial charge in [0.25, 0.3) is 0 Å². The summed E-state index contributed by atoms with van der Waals surface area (Å²) < 4.78 is 0. The first-order valence-corrected chi connectivity index (χ1v) is 7.58. The molecule has 2 N–H and O–H groups in total. The van der Waals surface area contributed by atoms with Gasteiger partial charge >= 0.3 is 0 Å². The largest absolute Gasteiger partial charge is 0.319 e. The second-order valence-electron chi connectivity index (χ2n) is 5.93. The molecular weight excluding hydrogens is 228 g/mol. The van der Waals surface area contributed by atoms with Gasteiger partial charge in [0.2, 0.25) is 0 Å². The summed E-state index contributed by atoms with van der Waals surface area (Å²) in [6, 6.07) is 0. The van der Waals surface area contributed by atoms with Gasteiger partial charge in [0.05, 0.1) is 11.2 Å². The van der Waals surface area contributed by atoms with Crippen molar-refractivity contribution in [2.24, 2.45) is 17.6 Å². The Morgan fingerprint density at radius 3 is 2.76 bits per heavy atom. The van der Waals surface area contributed by atoms with Crippen LogP contribution in [0.1, 0.15) is 63.6 Å². The van der Waals surface area contributed by atoms with Gasteiger partial charge in [-0.3, -0.25) is 0 Å². The summed E-state index contributed by atoms with van der Waals surface area (Å²) in [7, 11) is 0. The van der Waals surface area contributed by atoms with Gasteiger partial charge in [-0.1, -0.05) is 40.5 Å². The van der Waals surface area contributed by atoms with Crippen molar-refractivity contribution in [3.63, 3.8) is 0 Å². The monoisotopic (exact) mass is 252 g/mol. The molecule has 1 heterocycles. The number of nitrogens with zero attached hydrogens (tertiary/aromatic N) is 1. The Hall–Kier alpha value is -0.410. The molecular formula is C14H24N2S. The molecule has 0 amide bonds. The summed E-state index contributed by atoms with van der Waals surface area (Å²) in [4.78, 5) is 4.78. The number of thiazole rings is 1. The zero-order valence-corrected chi connectivity index (χ0v) is 12.2. The highest BCUT2D eigenvalue weighted by atomic mass is 32.1. The molecule has 2 nitrogen and oxygen atoms in total. The lowest BCUT2D eigenvalue weighted by atomic mass is 9.69. The Morgan fingerprint density at radius 1 is 1.47 bits per heavy atom. The Kier molecular flexibility index (Phi) is 3.60. The van der Waals surface area contributed by atoms with Gasteiger partial charge < -0.3 is 5.73 Å². The lowest BCUT2D eigenvalue weighted by Gasteiger charge is -2.41. The summed E-state index contributed by atoms with van der Waals surface area (Å²) >= 11 is 1.75. The second kappa shape index (κ2) is 4.69. The molecule has 1 fully saturated rings. The van der Waals surface area contributed by atoms with Crippen LogP contribution in [0.3, 0.4) is 0 Å². The zero-order valence-electron chi connectivity index (χ0n) is 11.4. The van der Waals surface area contributed by atoms with Gasteiger partial charge in [-0.15, -0.1) is 11.3 Å². The number of rotatable bonds is 2. The highest BCUT2D eigenvalue weighted by Gasteiger charge is 2.41. The normalized spacial score (nSPS) is 34.2. The van der Waals surface area contributed by atoms with Crippen LogP contribution in [0.5, 0.6) is 0 Å². The van der Waals surface area contributed by atoms with Crippen LogP contribution in [0.4, 0.5) is 0 Å². The molecule has 17 heavy (non-hydrogen) atoms. The smallest absolute Gasteiger partial charge is 0.113 e. The van der Waals surface area contributed by atoms with Crippen molar-refractivity contribution in [1.82, 2.24) is 4.98 Å². The van der Waals surface area contributed by atoms with E-state index in [1.807, 2.05) is 0 Å². The van der Waals surface area contributed by atoms with E-state index in [4.69, 9.17) is 10.7 Å². The third kappa shape index (κ3) is 2.27. The van der Waals surface area contributed by atoms with E-state index >= 15 is 0 Å². The average Bonchev–Trinajstić information content (AvgIpc) is 2.75. The molecule has 96 valence electrons. The number of aromatic nitrogens is 1. The van der Waals surface area contributed by atoms with Crippen molar-refractivity contribution in [1.29, 1.82) is 0 Å². The molecule has 3 unspecified atom stereocenters. The minimum Gasteiger partial charge on any atom is -0.319 e. The molecule has 0 saturated heterocycles. The van der Waals surface area contributed by atoms with Crippen molar-refractivity contribution in [3.05, 3.63) is 16.1 Å². The predicted molar refractivity (Wildman–Crippen MR) is 74.2 cm³/mol. The van der Waals surface area contributed by atoms with Crippen molar-refractivity contribution >= 4 is 11.3 Å². The summed E-state index contributed by atoms with van der Waals surface area (Å²) in [5, 5.41) is 3.33. The second-order valence-corrected chi connectivity index (χ2v) is 6.79. The minimum absolute atomic E-state index is 0.185. The van der Waals surface area contributed by atoms with Gasteiger partial charge in [0, 0.05) is 5.38 Å². The van der Waals surface area contributed by atoms with E-state index in [9.17, 15) is 0 Å². The number of nitrogens with two attached hydrogens (primary N) is 1. The number of hydrogen-bond acceptors (Lipinski definition) is 3. The molecule has 1 aliphatic rings. The minimum atomic E-state index is -0.185. The lowest BCUT2D eigenvalue weighted by molar-refractivity contribution is 0.143. The van der Waals surface area contributed by atoms with Gasteiger partial charge in [-0.25, -0.2) is 4.98 Å². The Labute approximate surface area is 109 Å². The topological polar surface area (TPSA) is 38.9 Å². The molecule has 1 aliphatic carbocycles. The molecule has 0 aromatic carbocycles. The van der Waals surface area contributed by atoms with Crippen LogP contribution < -0.4 is 5.73 Å². The van der Waals surface area contributed by atoms with Crippen LogP contribution in [0, 0.1) is 11.8 Å². The van der Waals surface area contributed by atoms with Gasteiger partial charge in [0.1, 0.15) is 5.01 Å². The standard InChI is InChI=1S/C14H24N2S/c1-9(2)12-8-17-13(16-12)14(15)7-5-6-10(3)11(14)4/h8-11H,5-7,15H2,1-4H3. The van der Waals surface area contributed by atoms with Crippen LogP contribution in [-0.2, 0) is 5.54 Å². The SMILES string of the molecule is CC(C)c1csc(C2(N)CCCC(C)C2C)n1. The fourth-order valence-corrected chi connectivity index (χ4v) is 3.99. The van der Waals surface area contributed by atoms with E-state index in [1.54, 1.807) is 11.3 Å². The van der Waals surface area contributed by atoms with Crippen LogP contribution in [-0.4, -0.2) is 4.98 Å². The van der Waals surface area contributed by atoms with E-state index in [2.05, 4.69) is 33.1 Å². The number of hydrogen-bond donors (Lipinski definition) is 1. The third-order valence-electron chi connectivity index (χ3n) is 4.43. The molecule has 0 aliphatic heterocycles. The quantitative estimate of drug-likeness (QED) is 0.867. The summed E-state index contributed by atoms with van der Waals surface area (Å²) in [6.07, 6.45) is 3.63. The molecule has 1 aromatic rings. The van der Waals surface area contributed by atoms with E-state index in [-0.39, 0.29) is 5.54 Å². The molecule has 3 heteroatoms. The maximum atomic E-state index is 6.68. The van der Waals surface area contributed by atoms with Crippen LogP contribution >= 0.6 is 11.3 Å². The first-order valence-electron chi connectivity index (χ1n) is 6.70. The van der Waals surface area contributed by atoms with Crippen molar-refractivity contribution in [3.8, 4) is 0 Å². The van der Waals surface area contributed by atoms with E-state index in [0.717, 1.165) is 11.4 Å². The van der Waals surface area contributed by atoms with E-state index in [1.165, 1.54) is 18.5 Å². The Bertz CT molecular complexity index is 385. The Balaban J connectivity index is 2.29. The molecule has 0 spiro atoms. The third-order valence-corrected chi connectivity index (χ3v) is 5.48. The molecule has 0 bridgehead atoms. The Morgan fingerprint density at radius 2 is 2.18 bits per heavy atom. The maximum absolute atomic E-state index is 6.68. The van der Waals surface area contributed by atoms with Gasteiger partial charge in [-0.05, 0) is 24.2 Å². The highest BCUT2D eigenvalue weighted by molar-refractivity contribution is 7.09. The zero-order chi connectivity index (χ0) is 12.6. The predicted octanol–water partition coefficient (Wildman–Crippen LogP) is 3.88. The van der Waals surface area contributed by atoms with Gasteiger partial charge in [-0.2, -0.15) is 0 Å². The highest BCUT2D eigenvalue weighted by Crippen LogP contribution is 2.43. The molecule has 1 aromatic heterocycles. The summed E-state index contributed by atoms with van der Waals surface area (Å²) in [5.74, 6) is 1.74. The first kappa shape index (κ1) is 13.0. The van der Waals surface area contributed by atoms with E-state index in [0.29, 0.717) is 17.8 Å². The maximum Gasteiger partial charge on any atom is 0.113 e. The molecule has 1 saturated carbocycles. The van der Waals surface area contributed by atoms with Crippen molar-refractivity contribution in [2.45, 2.75) is 58.4 Å². The summed E-state index contributed by atoms with van der Waals surface area (Å²) in [6.45, 7) is 8.99. The van der Waals surface area contributed by atoms with Gasteiger partial charge in [0.15, 0.2) is 0 Å². The fraction of sp³-hybridized carbons (Fsp3) is 0.786. The van der Waals surface area contributed by atoms with Crippen LogP contribution in [0.25, 0.3) is 0 Å². The first-order chi connectivity index (χ1) is 7.95. The lowest BCUT2D eigenvalue weighted by Crippen LogP contribution is -2.48. The fourth-order valence-electron chi connectivity index (χ4n) is 2.77. The van der Waals surface area contributed by atoms with Crippen molar-refractivity contribution in [2.75, 3.05) is 0 Å². The molecule has 0 radical (unpaired) electrons.